The fourth-order valence-corrected chi connectivity index (χ4v) is 7.07. The van der Waals surface area contributed by atoms with Gasteiger partial charge in [-0.15, -0.1) is 0 Å². The number of anilines is 1. The van der Waals surface area contributed by atoms with Crippen LogP contribution in [0.1, 0.15) is 38.1 Å². The van der Waals surface area contributed by atoms with Gasteiger partial charge in [-0.2, -0.15) is 4.31 Å². The maximum absolute atomic E-state index is 13.8. The van der Waals surface area contributed by atoms with E-state index in [1.165, 1.54) is 39.9 Å². The molecule has 2 aromatic carbocycles. The van der Waals surface area contributed by atoms with Crippen LogP contribution in [0.4, 0.5) is 9.52 Å². The Morgan fingerprint density at radius 3 is 2.35 bits per heavy atom. The van der Waals surface area contributed by atoms with Gasteiger partial charge in [0.1, 0.15) is 5.82 Å². The smallest absolute Gasteiger partial charge is 0.260 e. The molecule has 1 fully saturated rings. The second-order valence-electron chi connectivity index (χ2n) is 9.20. The molecule has 2 heterocycles. The summed E-state index contributed by atoms with van der Waals surface area (Å²) in [6.45, 7) is 11.1. The number of carbonyl (C=O) groups is 1. The van der Waals surface area contributed by atoms with E-state index in [9.17, 15) is 17.6 Å². The minimum atomic E-state index is -3.72. The zero-order valence-corrected chi connectivity index (χ0v) is 23.2. The number of benzene rings is 2. The van der Waals surface area contributed by atoms with Crippen LogP contribution in [-0.4, -0.2) is 80.0 Å². The van der Waals surface area contributed by atoms with Crippen LogP contribution in [0.3, 0.4) is 0 Å². The van der Waals surface area contributed by atoms with Gasteiger partial charge in [-0.3, -0.25) is 9.69 Å². The van der Waals surface area contributed by atoms with E-state index in [0.717, 1.165) is 13.1 Å². The summed E-state index contributed by atoms with van der Waals surface area (Å²) in [6.07, 6.45) is -0.387. The molecule has 3 aromatic rings. The molecule has 1 aromatic heterocycles. The maximum Gasteiger partial charge on any atom is 0.260 e. The van der Waals surface area contributed by atoms with Crippen molar-refractivity contribution in [3.8, 4) is 0 Å². The monoisotopic (exact) mass is 548 g/mol. The zero-order chi connectivity index (χ0) is 26.7. The third-order valence-electron chi connectivity index (χ3n) is 6.47. The Morgan fingerprint density at radius 1 is 1.08 bits per heavy atom. The Labute approximate surface area is 221 Å². The van der Waals surface area contributed by atoms with E-state index in [0.29, 0.717) is 34.0 Å². The molecule has 0 radical (unpaired) electrons. The molecule has 0 N–H and O–H groups in total. The van der Waals surface area contributed by atoms with E-state index in [1.54, 1.807) is 23.1 Å². The van der Waals surface area contributed by atoms with Crippen molar-refractivity contribution in [1.82, 2.24) is 14.2 Å². The lowest BCUT2D eigenvalue weighted by molar-refractivity contribution is -0.0440. The number of hydrogen-bond acceptors (Lipinski definition) is 7. The minimum Gasteiger partial charge on any atom is -0.373 e. The number of hydrogen-bond donors (Lipinski definition) is 0. The Bertz CT molecular complexity index is 1330. The van der Waals surface area contributed by atoms with E-state index in [4.69, 9.17) is 4.74 Å². The lowest BCUT2D eigenvalue weighted by atomic mass is 10.2. The second-order valence-corrected chi connectivity index (χ2v) is 12.1. The van der Waals surface area contributed by atoms with Crippen LogP contribution in [0, 0.1) is 5.82 Å². The number of carbonyl (C=O) groups excluding carboxylic acids is 1. The number of morpholine rings is 1. The van der Waals surface area contributed by atoms with Crippen LogP contribution < -0.4 is 4.90 Å². The average Bonchev–Trinajstić information content (AvgIpc) is 3.28. The van der Waals surface area contributed by atoms with Crippen molar-refractivity contribution in [3.05, 3.63) is 53.8 Å². The summed E-state index contributed by atoms with van der Waals surface area (Å²) < 4.78 is 47.9. The van der Waals surface area contributed by atoms with Crippen molar-refractivity contribution in [2.24, 2.45) is 0 Å². The van der Waals surface area contributed by atoms with Crippen molar-refractivity contribution in [2.45, 2.75) is 44.8 Å². The number of amides is 1. The highest BCUT2D eigenvalue weighted by Gasteiger charge is 2.32. The van der Waals surface area contributed by atoms with Crippen LogP contribution >= 0.6 is 11.3 Å². The lowest BCUT2D eigenvalue weighted by Crippen LogP contribution is -2.48. The first kappa shape index (κ1) is 27.6. The number of likely N-dealkylation sites (N-methyl/N-ethyl adjacent to an activating group) is 1. The molecule has 0 aliphatic carbocycles. The Kier molecular flexibility index (Phi) is 8.59. The topological polar surface area (TPSA) is 83.1 Å². The van der Waals surface area contributed by atoms with E-state index < -0.39 is 10.0 Å². The summed E-state index contributed by atoms with van der Waals surface area (Å²) in [5.41, 5.74) is 0.977. The molecule has 0 bridgehead atoms. The molecule has 11 heteroatoms. The number of nitrogens with zero attached hydrogens (tertiary/aromatic N) is 4. The fourth-order valence-electron chi connectivity index (χ4n) is 4.47. The van der Waals surface area contributed by atoms with Gasteiger partial charge in [-0.25, -0.2) is 17.8 Å². The van der Waals surface area contributed by atoms with Gasteiger partial charge in [0, 0.05) is 31.7 Å². The molecule has 37 heavy (non-hydrogen) atoms. The highest BCUT2D eigenvalue weighted by Crippen LogP contribution is 2.30. The number of aromatic nitrogens is 1. The minimum absolute atomic E-state index is 0.135. The predicted octanol–water partition coefficient (Wildman–Crippen LogP) is 4.22. The van der Waals surface area contributed by atoms with E-state index in [2.05, 4.69) is 23.7 Å². The van der Waals surface area contributed by atoms with Gasteiger partial charge in [0.15, 0.2) is 5.13 Å². The van der Waals surface area contributed by atoms with Crippen molar-refractivity contribution < 1.29 is 22.3 Å². The first-order valence-corrected chi connectivity index (χ1v) is 14.7. The van der Waals surface area contributed by atoms with E-state index >= 15 is 0 Å². The van der Waals surface area contributed by atoms with Crippen LogP contribution in [0.15, 0.2) is 47.4 Å². The summed E-state index contributed by atoms with van der Waals surface area (Å²) >= 11 is 1.26. The molecule has 1 aliphatic rings. The van der Waals surface area contributed by atoms with Crippen LogP contribution in [0.2, 0.25) is 0 Å². The largest absolute Gasteiger partial charge is 0.373 e. The van der Waals surface area contributed by atoms with Crippen molar-refractivity contribution in [3.63, 3.8) is 0 Å². The SMILES string of the molecule is CCN(CC)CCN(C(=O)c1ccc(S(=O)(=O)N2CC(C)OC(C)C2)cc1)c1nc2ccc(F)cc2s1. The Hall–Kier alpha value is -2.44. The summed E-state index contributed by atoms with van der Waals surface area (Å²) in [7, 11) is -3.72. The molecule has 8 nitrogen and oxygen atoms in total. The van der Waals surface area contributed by atoms with Gasteiger partial charge in [0.25, 0.3) is 5.91 Å². The third-order valence-corrected chi connectivity index (χ3v) is 9.36. The van der Waals surface area contributed by atoms with Gasteiger partial charge in [-0.1, -0.05) is 25.2 Å². The van der Waals surface area contributed by atoms with Crippen molar-refractivity contribution in [2.75, 3.05) is 44.2 Å². The molecule has 1 aliphatic heterocycles. The predicted molar refractivity (Wildman–Crippen MR) is 144 cm³/mol. The number of rotatable bonds is 9. The van der Waals surface area contributed by atoms with Crippen LogP contribution in [0.25, 0.3) is 10.2 Å². The molecule has 1 amide bonds. The van der Waals surface area contributed by atoms with Crippen molar-refractivity contribution in [1.29, 1.82) is 0 Å². The maximum atomic E-state index is 13.8. The first-order chi connectivity index (χ1) is 17.6. The molecule has 1 saturated heterocycles. The normalized spacial score (nSPS) is 19.0. The van der Waals surface area contributed by atoms with Crippen LogP contribution in [-0.2, 0) is 14.8 Å². The first-order valence-electron chi connectivity index (χ1n) is 12.5. The number of thiazole rings is 1. The van der Waals surface area contributed by atoms with E-state index in [1.807, 2.05) is 13.8 Å². The molecular formula is C26H33FN4O4S2. The van der Waals surface area contributed by atoms with Gasteiger partial charge >= 0.3 is 0 Å². The van der Waals surface area contributed by atoms with Gasteiger partial charge in [0.2, 0.25) is 10.0 Å². The van der Waals surface area contributed by atoms with Gasteiger partial charge in [-0.05, 0) is 69.4 Å². The molecule has 2 atom stereocenters. The summed E-state index contributed by atoms with van der Waals surface area (Å²) in [5.74, 6) is -0.645. The molecule has 0 spiro atoms. The summed E-state index contributed by atoms with van der Waals surface area (Å²) in [6, 6.07) is 10.4. The second kappa shape index (κ2) is 11.5. The van der Waals surface area contributed by atoms with Crippen LogP contribution in [0.5, 0.6) is 0 Å². The number of ether oxygens (including phenoxy) is 1. The highest BCUT2D eigenvalue weighted by atomic mass is 32.2. The molecular weight excluding hydrogens is 515 g/mol. The fraction of sp³-hybridized carbons (Fsp3) is 0.462. The Morgan fingerprint density at radius 2 is 1.73 bits per heavy atom. The standard InChI is InChI=1S/C26H33FN4O4S2/c1-5-29(6-2)13-14-31(26-28-23-12-9-21(27)15-24(23)36-26)25(32)20-7-10-22(11-8-20)37(33,34)30-16-18(3)35-19(4)17-30/h7-12,15,18-19H,5-6,13-14,16-17H2,1-4H3. The quantitative estimate of drug-likeness (QED) is 0.398. The number of fused-ring (bicyclic) bond motifs is 1. The van der Waals surface area contributed by atoms with E-state index in [-0.39, 0.29) is 41.9 Å². The summed E-state index contributed by atoms with van der Waals surface area (Å²) in [4.78, 5) is 22.2. The van der Waals surface area contributed by atoms with Crippen molar-refractivity contribution >= 4 is 42.6 Å². The number of halogens is 1. The zero-order valence-electron chi connectivity index (χ0n) is 21.6. The van der Waals surface area contributed by atoms with Gasteiger partial charge in [0.05, 0.1) is 27.3 Å². The molecule has 4 rings (SSSR count). The lowest BCUT2D eigenvalue weighted by Gasteiger charge is -2.34. The molecule has 2 unspecified atom stereocenters. The Balaban J connectivity index is 1.61. The highest BCUT2D eigenvalue weighted by molar-refractivity contribution is 7.89. The molecule has 0 saturated carbocycles. The molecule has 200 valence electrons. The summed E-state index contributed by atoms with van der Waals surface area (Å²) in [5, 5.41) is 0.478. The third kappa shape index (κ3) is 6.18. The number of sulfonamides is 1. The average molecular weight is 549 g/mol. The van der Waals surface area contributed by atoms with Gasteiger partial charge < -0.3 is 9.64 Å².